The molecule has 1 aromatic heterocycles. The highest BCUT2D eigenvalue weighted by Gasteiger charge is 2.21. The summed E-state index contributed by atoms with van der Waals surface area (Å²) in [4.78, 5) is 23.4. The summed E-state index contributed by atoms with van der Waals surface area (Å²) in [5.41, 5.74) is 0.764. The van der Waals surface area contributed by atoms with Gasteiger partial charge in [0.2, 0.25) is 5.91 Å². The minimum Gasteiger partial charge on any atom is -0.338 e. The second kappa shape index (κ2) is 8.16. The van der Waals surface area contributed by atoms with Crippen LogP contribution in [-0.2, 0) is 11.8 Å². The van der Waals surface area contributed by atoms with Gasteiger partial charge in [0, 0.05) is 19.2 Å². The first kappa shape index (κ1) is 18.3. The Kier molecular flexibility index (Phi) is 6.22. The van der Waals surface area contributed by atoms with E-state index in [0.717, 1.165) is 5.56 Å². The lowest BCUT2D eigenvalue weighted by atomic mass is 10.2. The van der Waals surface area contributed by atoms with Crippen LogP contribution in [0.1, 0.15) is 13.8 Å². The van der Waals surface area contributed by atoms with Crippen molar-refractivity contribution < 1.29 is 9.59 Å². The Morgan fingerprint density at radius 3 is 2.71 bits per heavy atom. The number of hydrogen-bond donors (Lipinski definition) is 2. The average Bonchev–Trinajstić information content (AvgIpc) is 2.89. The van der Waals surface area contributed by atoms with E-state index in [-0.39, 0.29) is 0 Å². The van der Waals surface area contributed by atoms with Gasteiger partial charge in [-0.15, -0.1) is 10.2 Å². The van der Waals surface area contributed by atoms with Gasteiger partial charge in [-0.1, -0.05) is 35.5 Å². The summed E-state index contributed by atoms with van der Waals surface area (Å²) in [7, 11) is 1.80. The summed E-state index contributed by atoms with van der Waals surface area (Å²) in [5.74, 6) is 0.215. The van der Waals surface area contributed by atoms with E-state index in [2.05, 4.69) is 20.8 Å². The highest BCUT2D eigenvalue weighted by Crippen LogP contribution is 2.29. The fourth-order valence-electron chi connectivity index (χ4n) is 1.92. The third-order valence-electron chi connectivity index (χ3n) is 3.18. The van der Waals surface area contributed by atoms with Gasteiger partial charge in [0.15, 0.2) is 11.0 Å². The molecule has 128 valence electrons. The normalized spacial score (nSPS) is 11.8. The molecule has 2 rings (SSSR count). The number of nitrogens with one attached hydrogen (secondary N) is 2. The largest absolute Gasteiger partial charge is 0.338 e. The SMILES string of the molecule is CCNC(=O)NC(=O)[C@H](C)Sc1nnc(-c2ccccc2Cl)n1C. The average molecular weight is 368 g/mol. The monoisotopic (exact) mass is 367 g/mol. The maximum atomic E-state index is 12.0. The van der Waals surface area contributed by atoms with Crippen LogP contribution in [0.25, 0.3) is 11.4 Å². The summed E-state index contributed by atoms with van der Waals surface area (Å²) in [5, 5.41) is 13.7. The molecule has 2 N–H and O–H groups in total. The van der Waals surface area contributed by atoms with Gasteiger partial charge in [-0.25, -0.2) is 4.79 Å². The second-order valence-electron chi connectivity index (χ2n) is 4.95. The Morgan fingerprint density at radius 1 is 1.33 bits per heavy atom. The number of aromatic nitrogens is 3. The maximum Gasteiger partial charge on any atom is 0.321 e. The summed E-state index contributed by atoms with van der Waals surface area (Å²) < 4.78 is 1.77. The molecule has 3 amide bonds. The fourth-order valence-corrected chi connectivity index (χ4v) is 2.96. The summed E-state index contributed by atoms with van der Waals surface area (Å²) in [6.45, 7) is 3.92. The van der Waals surface area contributed by atoms with Gasteiger partial charge in [-0.3, -0.25) is 10.1 Å². The number of thioether (sulfide) groups is 1. The fraction of sp³-hybridized carbons (Fsp3) is 0.333. The molecule has 0 spiro atoms. The number of benzene rings is 1. The van der Waals surface area contributed by atoms with Crippen LogP contribution in [0.15, 0.2) is 29.4 Å². The molecule has 0 aliphatic rings. The zero-order valence-electron chi connectivity index (χ0n) is 13.5. The number of carbonyl (C=O) groups is 2. The Bertz CT molecular complexity index is 749. The van der Waals surface area contributed by atoms with Gasteiger partial charge in [0.05, 0.1) is 10.3 Å². The van der Waals surface area contributed by atoms with E-state index >= 15 is 0 Å². The minimum absolute atomic E-state index is 0.395. The van der Waals surface area contributed by atoms with Crippen LogP contribution >= 0.6 is 23.4 Å². The van der Waals surface area contributed by atoms with Crippen molar-refractivity contribution >= 4 is 35.3 Å². The van der Waals surface area contributed by atoms with E-state index in [1.54, 1.807) is 31.5 Å². The van der Waals surface area contributed by atoms with Crippen LogP contribution < -0.4 is 10.6 Å². The Morgan fingerprint density at radius 2 is 2.04 bits per heavy atom. The second-order valence-corrected chi connectivity index (χ2v) is 6.67. The van der Waals surface area contributed by atoms with Crippen LogP contribution in [0.3, 0.4) is 0 Å². The van der Waals surface area contributed by atoms with Crippen molar-refractivity contribution in [2.45, 2.75) is 24.3 Å². The van der Waals surface area contributed by atoms with Gasteiger partial charge < -0.3 is 9.88 Å². The van der Waals surface area contributed by atoms with Crippen molar-refractivity contribution in [1.82, 2.24) is 25.4 Å². The standard InChI is InChI=1S/C15H18ClN5O2S/c1-4-17-14(23)18-13(22)9(2)24-15-20-19-12(21(15)3)10-7-5-6-8-11(10)16/h5-9H,4H2,1-3H3,(H2,17,18,22,23)/t9-/m0/s1. The predicted octanol–water partition coefficient (Wildman–Crippen LogP) is 2.46. The third kappa shape index (κ3) is 4.27. The van der Waals surface area contributed by atoms with Crippen molar-refractivity contribution in [3.05, 3.63) is 29.3 Å². The molecule has 24 heavy (non-hydrogen) atoms. The molecule has 1 atom stereocenters. The first-order valence-electron chi connectivity index (χ1n) is 7.33. The van der Waals surface area contributed by atoms with E-state index in [0.29, 0.717) is 22.5 Å². The molecule has 1 aromatic carbocycles. The van der Waals surface area contributed by atoms with Crippen molar-refractivity contribution in [3.8, 4) is 11.4 Å². The molecule has 0 saturated carbocycles. The highest BCUT2D eigenvalue weighted by atomic mass is 35.5. The van der Waals surface area contributed by atoms with Gasteiger partial charge in [-0.05, 0) is 26.0 Å². The summed E-state index contributed by atoms with van der Waals surface area (Å²) >= 11 is 7.40. The number of hydrogen-bond acceptors (Lipinski definition) is 5. The summed E-state index contributed by atoms with van der Waals surface area (Å²) in [6.07, 6.45) is 0. The molecule has 0 aliphatic carbocycles. The zero-order valence-corrected chi connectivity index (χ0v) is 15.1. The molecule has 0 bridgehead atoms. The smallest absolute Gasteiger partial charge is 0.321 e. The molecular weight excluding hydrogens is 350 g/mol. The highest BCUT2D eigenvalue weighted by molar-refractivity contribution is 8.00. The van der Waals surface area contributed by atoms with E-state index < -0.39 is 17.2 Å². The third-order valence-corrected chi connectivity index (χ3v) is 4.64. The first-order valence-corrected chi connectivity index (χ1v) is 8.59. The number of amides is 3. The lowest BCUT2D eigenvalue weighted by Crippen LogP contribution is -2.42. The molecule has 2 aromatic rings. The van der Waals surface area contributed by atoms with Crippen molar-refractivity contribution in [3.63, 3.8) is 0 Å². The number of carbonyl (C=O) groups excluding carboxylic acids is 2. The van der Waals surface area contributed by atoms with Crippen molar-refractivity contribution in [2.24, 2.45) is 7.05 Å². The quantitative estimate of drug-likeness (QED) is 0.792. The van der Waals surface area contributed by atoms with E-state index in [1.165, 1.54) is 11.8 Å². The maximum absolute atomic E-state index is 12.0. The molecule has 0 unspecified atom stereocenters. The van der Waals surface area contributed by atoms with Crippen LogP contribution in [0.2, 0.25) is 5.02 Å². The van der Waals surface area contributed by atoms with Crippen LogP contribution in [0.5, 0.6) is 0 Å². The van der Waals surface area contributed by atoms with E-state index in [9.17, 15) is 9.59 Å². The van der Waals surface area contributed by atoms with Crippen LogP contribution in [-0.4, -0.2) is 38.5 Å². The molecular formula is C15H18ClN5O2S. The molecule has 1 heterocycles. The molecule has 0 aliphatic heterocycles. The summed E-state index contributed by atoms with van der Waals surface area (Å²) in [6, 6.07) is 6.83. The Hall–Kier alpha value is -2.06. The molecule has 9 heteroatoms. The van der Waals surface area contributed by atoms with Crippen LogP contribution in [0.4, 0.5) is 4.79 Å². The molecule has 7 nitrogen and oxygen atoms in total. The van der Waals surface area contributed by atoms with Crippen molar-refractivity contribution in [1.29, 1.82) is 0 Å². The Balaban J connectivity index is 2.10. The predicted molar refractivity (Wildman–Crippen MR) is 94.0 cm³/mol. The number of halogens is 1. The number of nitrogens with zero attached hydrogens (tertiary/aromatic N) is 3. The molecule has 0 radical (unpaired) electrons. The van der Waals surface area contributed by atoms with E-state index in [1.807, 2.05) is 18.2 Å². The van der Waals surface area contributed by atoms with Gasteiger partial charge >= 0.3 is 6.03 Å². The number of rotatable bonds is 5. The minimum atomic E-state index is -0.510. The topological polar surface area (TPSA) is 88.9 Å². The zero-order chi connectivity index (χ0) is 17.7. The lowest BCUT2D eigenvalue weighted by molar-refractivity contribution is -0.119. The Labute approximate surface area is 149 Å². The lowest BCUT2D eigenvalue weighted by Gasteiger charge is -2.11. The number of urea groups is 1. The van der Waals surface area contributed by atoms with E-state index in [4.69, 9.17) is 11.6 Å². The number of imide groups is 1. The van der Waals surface area contributed by atoms with Gasteiger partial charge in [-0.2, -0.15) is 0 Å². The van der Waals surface area contributed by atoms with Crippen LogP contribution in [0, 0.1) is 0 Å². The van der Waals surface area contributed by atoms with Gasteiger partial charge in [0.1, 0.15) is 0 Å². The molecule has 0 fully saturated rings. The first-order chi connectivity index (χ1) is 11.4. The van der Waals surface area contributed by atoms with Crippen molar-refractivity contribution in [2.75, 3.05) is 6.54 Å². The van der Waals surface area contributed by atoms with Gasteiger partial charge in [0.25, 0.3) is 0 Å². The molecule has 0 saturated heterocycles.